The molecule has 7 nitrogen and oxygen atoms in total. The summed E-state index contributed by atoms with van der Waals surface area (Å²) in [6, 6.07) is 9.78. The molecule has 0 fully saturated rings. The first-order valence-electron chi connectivity index (χ1n) is 8.51. The number of H-pyrrole nitrogens is 1. The average molecular weight is 396 g/mol. The molecule has 0 saturated carbocycles. The van der Waals surface area contributed by atoms with Gasteiger partial charge in [-0.15, -0.1) is 0 Å². The van der Waals surface area contributed by atoms with Crippen molar-refractivity contribution in [3.63, 3.8) is 0 Å². The Bertz CT molecular complexity index is 1310. The molecule has 1 amide bonds. The van der Waals surface area contributed by atoms with Crippen molar-refractivity contribution in [3.05, 3.63) is 81.8 Å². The van der Waals surface area contributed by atoms with Crippen LogP contribution >= 0.6 is 0 Å². The summed E-state index contributed by atoms with van der Waals surface area (Å²) in [6.07, 6.45) is 1.29. The average Bonchev–Trinajstić information content (AvgIpc) is 3.09. The zero-order valence-corrected chi connectivity index (χ0v) is 15.0. The number of aromatic hydroxyl groups is 1. The van der Waals surface area contributed by atoms with Crippen molar-refractivity contribution in [1.29, 1.82) is 0 Å². The quantitative estimate of drug-likeness (QED) is 0.495. The molecule has 0 aliphatic carbocycles. The monoisotopic (exact) mass is 396 g/mol. The van der Waals surface area contributed by atoms with E-state index in [1.165, 1.54) is 10.9 Å². The highest BCUT2D eigenvalue weighted by Crippen LogP contribution is 2.27. The number of benzene rings is 2. The second-order valence-corrected chi connectivity index (χ2v) is 6.41. The second kappa shape index (κ2) is 6.86. The molecule has 2 heterocycles. The van der Waals surface area contributed by atoms with Gasteiger partial charge in [0, 0.05) is 6.07 Å². The zero-order chi connectivity index (χ0) is 20.7. The number of aryl methyl sites for hydroxylation is 1. The van der Waals surface area contributed by atoms with E-state index in [0.29, 0.717) is 5.69 Å². The van der Waals surface area contributed by atoms with E-state index < -0.39 is 40.1 Å². The van der Waals surface area contributed by atoms with Crippen LogP contribution in [-0.2, 0) is 0 Å². The second-order valence-electron chi connectivity index (χ2n) is 6.41. The summed E-state index contributed by atoms with van der Waals surface area (Å²) < 4.78 is 28.5. The van der Waals surface area contributed by atoms with Crippen LogP contribution in [0.15, 0.2) is 53.5 Å². The molecule has 0 bridgehead atoms. The van der Waals surface area contributed by atoms with Crippen LogP contribution in [0, 0.1) is 18.6 Å². The van der Waals surface area contributed by atoms with Crippen molar-refractivity contribution in [1.82, 2.24) is 14.8 Å². The highest BCUT2D eigenvalue weighted by atomic mass is 19.1. The van der Waals surface area contributed by atoms with Crippen LogP contribution in [0.4, 0.5) is 14.5 Å². The number of anilines is 1. The molecule has 3 N–H and O–H groups in total. The fourth-order valence-corrected chi connectivity index (χ4v) is 2.92. The normalized spacial score (nSPS) is 11.0. The molecule has 2 aromatic carbocycles. The predicted octanol–water partition coefficient (Wildman–Crippen LogP) is 3.26. The lowest BCUT2D eigenvalue weighted by Gasteiger charge is -2.09. The molecule has 9 heteroatoms. The lowest BCUT2D eigenvalue weighted by atomic mass is 10.1. The minimum Gasteiger partial charge on any atom is -0.506 e. The van der Waals surface area contributed by atoms with Gasteiger partial charge < -0.3 is 15.4 Å². The summed E-state index contributed by atoms with van der Waals surface area (Å²) in [4.78, 5) is 27.5. The molecular formula is C20H14F2N4O3. The molecule has 2 aromatic heterocycles. The summed E-state index contributed by atoms with van der Waals surface area (Å²) in [7, 11) is 0. The number of hydrogen-bond acceptors (Lipinski definition) is 4. The van der Waals surface area contributed by atoms with Gasteiger partial charge in [-0.3, -0.25) is 9.59 Å². The van der Waals surface area contributed by atoms with Crippen LogP contribution < -0.4 is 10.9 Å². The van der Waals surface area contributed by atoms with E-state index in [9.17, 15) is 23.5 Å². The van der Waals surface area contributed by atoms with Gasteiger partial charge in [-0.25, -0.2) is 13.5 Å². The third kappa shape index (κ3) is 3.22. The molecule has 29 heavy (non-hydrogen) atoms. The van der Waals surface area contributed by atoms with Crippen LogP contribution in [0.1, 0.15) is 15.9 Å². The molecule has 0 aliphatic rings. The summed E-state index contributed by atoms with van der Waals surface area (Å²) in [5, 5.41) is 16.9. The van der Waals surface area contributed by atoms with E-state index in [1.54, 1.807) is 12.1 Å². The van der Waals surface area contributed by atoms with Crippen LogP contribution in [0.5, 0.6) is 5.75 Å². The standard InChI is InChI=1S/C20H14F2N4O3/c1-10-2-5-12(6-3-10)26-18-13(9-23-26)17(27)16(20(29)25-18)19(28)24-15-8-11(21)4-7-14(15)22/h2-9H,1H3,(H,24,28)(H2,25,27,29). The summed E-state index contributed by atoms with van der Waals surface area (Å²) in [5.41, 5.74) is -0.137. The van der Waals surface area contributed by atoms with Crippen molar-refractivity contribution in [2.45, 2.75) is 6.92 Å². The summed E-state index contributed by atoms with van der Waals surface area (Å²) in [5.74, 6) is -3.35. The van der Waals surface area contributed by atoms with Gasteiger partial charge in [0.05, 0.1) is 23.0 Å². The van der Waals surface area contributed by atoms with E-state index in [2.05, 4.69) is 15.4 Å². The number of pyridine rings is 1. The van der Waals surface area contributed by atoms with Gasteiger partial charge in [-0.1, -0.05) is 17.7 Å². The smallest absolute Gasteiger partial charge is 0.266 e. The summed E-state index contributed by atoms with van der Waals surface area (Å²) >= 11 is 0. The number of rotatable bonds is 3. The number of nitrogens with zero attached hydrogens (tertiary/aromatic N) is 2. The molecule has 146 valence electrons. The van der Waals surface area contributed by atoms with Gasteiger partial charge in [0.2, 0.25) is 0 Å². The Morgan fingerprint density at radius 2 is 1.90 bits per heavy atom. The van der Waals surface area contributed by atoms with Crippen molar-refractivity contribution in [2.24, 2.45) is 0 Å². The van der Waals surface area contributed by atoms with Crippen LogP contribution in [0.2, 0.25) is 0 Å². The number of aromatic nitrogens is 3. The fraction of sp³-hybridized carbons (Fsp3) is 0.0500. The van der Waals surface area contributed by atoms with Crippen molar-refractivity contribution >= 4 is 22.6 Å². The predicted molar refractivity (Wildman–Crippen MR) is 102 cm³/mol. The number of halogens is 2. The van der Waals surface area contributed by atoms with E-state index in [4.69, 9.17) is 0 Å². The minimum absolute atomic E-state index is 0.120. The fourth-order valence-electron chi connectivity index (χ4n) is 2.92. The molecule has 4 aromatic rings. The van der Waals surface area contributed by atoms with Gasteiger partial charge in [0.15, 0.2) is 0 Å². The highest BCUT2D eigenvalue weighted by molar-refractivity contribution is 6.08. The molecule has 0 spiro atoms. The van der Waals surface area contributed by atoms with Crippen LogP contribution in [0.3, 0.4) is 0 Å². The first kappa shape index (κ1) is 18.4. The Kier molecular flexibility index (Phi) is 4.34. The van der Waals surface area contributed by atoms with Gasteiger partial charge in [-0.05, 0) is 31.2 Å². The molecule has 0 saturated heterocycles. The number of fused-ring (bicyclic) bond motifs is 1. The lowest BCUT2D eigenvalue weighted by molar-refractivity contribution is 0.102. The Balaban J connectivity index is 1.78. The first-order chi connectivity index (χ1) is 13.8. The number of carbonyl (C=O) groups is 1. The molecule has 0 unspecified atom stereocenters. The van der Waals surface area contributed by atoms with E-state index in [0.717, 1.165) is 23.8 Å². The van der Waals surface area contributed by atoms with E-state index in [-0.39, 0.29) is 11.0 Å². The summed E-state index contributed by atoms with van der Waals surface area (Å²) in [6.45, 7) is 1.92. The van der Waals surface area contributed by atoms with Crippen LogP contribution in [-0.4, -0.2) is 25.8 Å². The zero-order valence-electron chi connectivity index (χ0n) is 15.0. The maximum Gasteiger partial charge on any atom is 0.266 e. The SMILES string of the molecule is Cc1ccc(-n2ncc3c(O)c(C(=O)Nc4cc(F)ccc4F)c(=O)[nH]c32)cc1. The van der Waals surface area contributed by atoms with Crippen molar-refractivity contribution in [2.75, 3.05) is 5.32 Å². The third-order valence-corrected chi connectivity index (χ3v) is 4.40. The van der Waals surface area contributed by atoms with E-state index >= 15 is 0 Å². The molecule has 4 rings (SSSR count). The van der Waals surface area contributed by atoms with Crippen molar-refractivity contribution < 1.29 is 18.7 Å². The number of hydrogen-bond donors (Lipinski definition) is 3. The first-order valence-corrected chi connectivity index (χ1v) is 8.51. The Morgan fingerprint density at radius 3 is 2.62 bits per heavy atom. The number of nitrogens with one attached hydrogen (secondary N) is 2. The Labute approximate surface area is 162 Å². The molecule has 0 radical (unpaired) electrons. The number of carbonyl (C=O) groups excluding carboxylic acids is 1. The maximum absolute atomic E-state index is 13.8. The topological polar surface area (TPSA) is 100 Å². The largest absolute Gasteiger partial charge is 0.506 e. The third-order valence-electron chi connectivity index (χ3n) is 4.40. The Hall–Kier alpha value is -4.01. The van der Waals surface area contributed by atoms with Gasteiger partial charge >= 0.3 is 0 Å². The van der Waals surface area contributed by atoms with E-state index in [1.807, 2.05) is 19.1 Å². The van der Waals surface area contributed by atoms with Crippen LogP contribution in [0.25, 0.3) is 16.7 Å². The highest BCUT2D eigenvalue weighted by Gasteiger charge is 2.22. The number of amides is 1. The molecule has 0 atom stereocenters. The van der Waals surface area contributed by atoms with Gasteiger partial charge in [-0.2, -0.15) is 5.10 Å². The van der Waals surface area contributed by atoms with Gasteiger partial charge in [0.1, 0.15) is 28.6 Å². The number of aromatic amines is 1. The van der Waals surface area contributed by atoms with Crippen molar-refractivity contribution in [3.8, 4) is 11.4 Å². The maximum atomic E-state index is 13.8. The van der Waals surface area contributed by atoms with Gasteiger partial charge in [0.25, 0.3) is 11.5 Å². The molecule has 0 aliphatic heterocycles. The minimum atomic E-state index is -1.08. The molecular weight excluding hydrogens is 382 g/mol. The Morgan fingerprint density at radius 1 is 1.17 bits per heavy atom. The lowest BCUT2D eigenvalue weighted by Crippen LogP contribution is -2.24.